The highest BCUT2D eigenvalue weighted by atomic mass is 16.4. The first-order valence-corrected chi connectivity index (χ1v) is 9.48. The Morgan fingerprint density at radius 1 is 1.25 bits per heavy atom. The van der Waals surface area contributed by atoms with Gasteiger partial charge in [-0.1, -0.05) is 13.3 Å². The zero-order chi connectivity index (χ0) is 20.5. The number of carbonyl (C=O) groups is 2. The molecule has 0 radical (unpaired) electrons. The number of nitrogens with one attached hydrogen (secondary N) is 1. The van der Waals surface area contributed by atoms with Crippen LogP contribution in [-0.4, -0.2) is 87.3 Å². The fourth-order valence-corrected chi connectivity index (χ4v) is 3.30. The maximum absolute atomic E-state index is 12.0. The van der Waals surface area contributed by atoms with Gasteiger partial charge < -0.3 is 15.1 Å². The number of aliphatic carboxylic acids is 2. The van der Waals surface area contributed by atoms with Crippen molar-refractivity contribution in [3.63, 3.8) is 0 Å². The van der Waals surface area contributed by atoms with Crippen LogP contribution in [0.4, 0.5) is 0 Å². The van der Waals surface area contributed by atoms with Gasteiger partial charge in [0.05, 0.1) is 12.9 Å². The Kier molecular flexibility index (Phi) is 8.12. The summed E-state index contributed by atoms with van der Waals surface area (Å²) in [6.07, 6.45) is 8.83. The zero-order valence-corrected chi connectivity index (χ0v) is 16.1. The van der Waals surface area contributed by atoms with Crippen LogP contribution in [0.1, 0.15) is 39.0 Å². The second-order valence-electron chi connectivity index (χ2n) is 6.77. The number of hydrogen-bond donors (Lipinski definition) is 3. The Morgan fingerprint density at radius 2 is 1.96 bits per heavy atom. The molecule has 0 saturated carbocycles. The van der Waals surface area contributed by atoms with Crippen molar-refractivity contribution in [1.29, 1.82) is 5.41 Å². The molecule has 10 heteroatoms. The summed E-state index contributed by atoms with van der Waals surface area (Å²) in [5.41, 5.74) is 0. The van der Waals surface area contributed by atoms with E-state index in [-0.39, 0.29) is 0 Å². The quantitative estimate of drug-likeness (QED) is 0.482. The van der Waals surface area contributed by atoms with Crippen molar-refractivity contribution in [1.82, 2.24) is 14.9 Å². The molecule has 2 aliphatic heterocycles. The lowest BCUT2D eigenvalue weighted by Crippen LogP contribution is -2.59. The standard InChI is InChI=1S/C18H28N6O4/c1-2-5-14(17(25)26)24(23-10-4-8-20-12-23)15(18(27)28)6-3-9-22-11-7-16(19)21-13-22/h4,8,12-15,19H,2-3,5-7,9-11H2,1H3,(H,25,26)(H,27,28). The summed E-state index contributed by atoms with van der Waals surface area (Å²) in [6, 6.07) is -1.92. The first-order chi connectivity index (χ1) is 13.4. The molecule has 28 heavy (non-hydrogen) atoms. The van der Waals surface area contributed by atoms with Crippen LogP contribution in [0.3, 0.4) is 0 Å². The molecule has 154 valence electrons. The molecular formula is C18H28N6O4. The van der Waals surface area contributed by atoms with Gasteiger partial charge in [0, 0.05) is 25.7 Å². The van der Waals surface area contributed by atoms with Crippen LogP contribution in [0.25, 0.3) is 0 Å². The first-order valence-electron chi connectivity index (χ1n) is 9.48. The smallest absolute Gasteiger partial charge is 0.322 e. The first kappa shape index (κ1) is 21.5. The van der Waals surface area contributed by atoms with Crippen LogP contribution < -0.4 is 0 Å². The zero-order valence-electron chi connectivity index (χ0n) is 16.1. The number of hydrazine groups is 1. The van der Waals surface area contributed by atoms with E-state index < -0.39 is 24.0 Å². The lowest BCUT2D eigenvalue weighted by Gasteiger charge is -2.41. The van der Waals surface area contributed by atoms with Crippen LogP contribution >= 0.6 is 0 Å². The van der Waals surface area contributed by atoms with Gasteiger partial charge in [-0.25, -0.2) is 9.98 Å². The SMILES string of the molecule is CCCC(C(=O)O)N(C(CCCN1C=NC(=N)CC1)C(=O)O)N1C=NC=CC1. The van der Waals surface area contributed by atoms with Crippen molar-refractivity contribution in [3.05, 3.63) is 12.3 Å². The van der Waals surface area contributed by atoms with Crippen molar-refractivity contribution >= 4 is 30.5 Å². The summed E-state index contributed by atoms with van der Waals surface area (Å²) < 4.78 is 0. The van der Waals surface area contributed by atoms with Crippen molar-refractivity contribution < 1.29 is 19.8 Å². The number of carboxylic acids is 2. The van der Waals surface area contributed by atoms with Crippen LogP contribution in [0, 0.1) is 5.41 Å². The number of aliphatic imine (C=N–C) groups is 2. The van der Waals surface area contributed by atoms with Gasteiger partial charge in [0.2, 0.25) is 0 Å². The van der Waals surface area contributed by atoms with E-state index in [9.17, 15) is 19.8 Å². The Labute approximate surface area is 164 Å². The molecule has 2 rings (SSSR count). The van der Waals surface area contributed by atoms with Crippen LogP contribution in [-0.2, 0) is 9.59 Å². The minimum atomic E-state index is -1.06. The van der Waals surface area contributed by atoms with Crippen molar-refractivity contribution in [3.8, 4) is 0 Å². The van der Waals surface area contributed by atoms with Gasteiger partial charge in [0.1, 0.15) is 24.3 Å². The predicted molar refractivity (Wildman–Crippen MR) is 106 cm³/mol. The Hall–Kier alpha value is -2.75. The van der Waals surface area contributed by atoms with Crippen molar-refractivity contribution in [2.24, 2.45) is 9.98 Å². The maximum atomic E-state index is 12.0. The molecule has 3 N–H and O–H groups in total. The Bertz CT molecular complexity index is 662. The normalized spacial score (nSPS) is 18.6. The number of rotatable bonds is 11. The molecule has 0 amide bonds. The van der Waals surface area contributed by atoms with E-state index in [1.165, 1.54) is 11.3 Å². The molecule has 0 saturated heterocycles. The second kappa shape index (κ2) is 10.5. The minimum absolute atomic E-state index is 0.290. The third-order valence-electron chi connectivity index (χ3n) is 4.69. The molecule has 0 aromatic rings. The van der Waals surface area contributed by atoms with E-state index in [1.54, 1.807) is 23.6 Å². The van der Waals surface area contributed by atoms with Gasteiger partial charge in [-0.05, 0) is 25.3 Å². The van der Waals surface area contributed by atoms with E-state index in [2.05, 4.69) is 9.98 Å². The average molecular weight is 392 g/mol. The summed E-state index contributed by atoms with van der Waals surface area (Å²) in [7, 11) is 0. The number of hydrogen-bond acceptors (Lipinski definition) is 7. The summed E-state index contributed by atoms with van der Waals surface area (Å²) in [4.78, 5) is 33.9. The molecule has 0 aromatic carbocycles. The minimum Gasteiger partial charge on any atom is -0.480 e. The van der Waals surface area contributed by atoms with Gasteiger partial charge in [0.25, 0.3) is 0 Å². The maximum Gasteiger partial charge on any atom is 0.322 e. The summed E-state index contributed by atoms with van der Waals surface area (Å²) in [5.74, 6) is -1.76. The fourth-order valence-electron chi connectivity index (χ4n) is 3.30. The van der Waals surface area contributed by atoms with E-state index in [4.69, 9.17) is 5.41 Å². The molecule has 10 nitrogen and oxygen atoms in total. The number of amidine groups is 1. The van der Waals surface area contributed by atoms with Crippen LogP contribution in [0.2, 0.25) is 0 Å². The third-order valence-corrected chi connectivity index (χ3v) is 4.69. The topological polar surface area (TPSA) is 133 Å². The molecule has 2 unspecified atom stereocenters. The highest BCUT2D eigenvalue weighted by molar-refractivity contribution is 5.88. The largest absolute Gasteiger partial charge is 0.480 e. The lowest BCUT2D eigenvalue weighted by molar-refractivity contribution is -0.162. The molecular weight excluding hydrogens is 364 g/mol. The monoisotopic (exact) mass is 392 g/mol. The van der Waals surface area contributed by atoms with Gasteiger partial charge in [-0.15, -0.1) is 0 Å². The molecule has 0 aliphatic carbocycles. The number of nitrogens with zero attached hydrogens (tertiary/aromatic N) is 5. The Balaban J connectivity index is 2.13. The molecule has 0 bridgehead atoms. The average Bonchev–Trinajstić information content (AvgIpc) is 2.68. The van der Waals surface area contributed by atoms with Crippen molar-refractivity contribution in [2.45, 2.75) is 51.1 Å². The van der Waals surface area contributed by atoms with E-state index in [0.29, 0.717) is 57.6 Å². The van der Waals surface area contributed by atoms with Gasteiger partial charge >= 0.3 is 11.9 Å². The van der Waals surface area contributed by atoms with Crippen LogP contribution in [0.15, 0.2) is 22.3 Å². The highest BCUT2D eigenvalue weighted by Crippen LogP contribution is 2.20. The van der Waals surface area contributed by atoms with E-state index in [1.807, 2.05) is 11.8 Å². The molecule has 2 aliphatic rings. The molecule has 0 spiro atoms. The lowest BCUT2D eigenvalue weighted by atomic mass is 10.1. The van der Waals surface area contributed by atoms with E-state index in [0.717, 1.165) is 0 Å². The molecule has 0 fully saturated rings. The molecule has 2 atom stereocenters. The fraction of sp³-hybridized carbons (Fsp3) is 0.611. The van der Waals surface area contributed by atoms with Gasteiger partial charge in [0.15, 0.2) is 0 Å². The number of carboxylic acid groups (broad SMARTS) is 2. The third kappa shape index (κ3) is 5.88. The Morgan fingerprint density at radius 3 is 2.50 bits per heavy atom. The van der Waals surface area contributed by atoms with Gasteiger partial charge in [-0.3, -0.25) is 20.0 Å². The summed E-state index contributed by atoms with van der Waals surface area (Å²) in [6.45, 7) is 3.54. The highest BCUT2D eigenvalue weighted by Gasteiger charge is 2.38. The second-order valence-corrected chi connectivity index (χ2v) is 6.77. The summed E-state index contributed by atoms with van der Waals surface area (Å²) >= 11 is 0. The molecule has 2 heterocycles. The van der Waals surface area contributed by atoms with Crippen molar-refractivity contribution in [2.75, 3.05) is 19.6 Å². The summed E-state index contributed by atoms with van der Waals surface area (Å²) in [5, 5.41) is 30.1. The molecule has 0 aromatic heterocycles. The van der Waals surface area contributed by atoms with Gasteiger partial charge in [-0.2, -0.15) is 5.01 Å². The van der Waals surface area contributed by atoms with E-state index >= 15 is 0 Å². The van der Waals surface area contributed by atoms with Crippen LogP contribution in [0.5, 0.6) is 0 Å². The predicted octanol–water partition coefficient (Wildman–Crippen LogP) is 1.26.